The maximum absolute atomic E-state index is 10.2. The van der Waals surface area contributed by atoms with Crippen molar-refractivity contribution in [3.8, 4) is 28.7 Å². The van der Waals surface area contributed by atoms with Gasteiger partial charge in [0.15, 0.2) is 11.5 Å². The molecular formula is C18H30O5. The molecule has 0 aliphatic heterocycles. The summed E-state index contributed by atoms with van der Waals surface area (Å²) in [7, 11) is 4.41. The molecule has 0 spiro atoms. The van der Waals surface area contributed by atoms with Crippen molar-refractivity contribution in [1.29, 1.82) is 0 Å². The van der Waals surface area contributed by atoms with Gasteiger partial charge in [0.1, 0.15) is 0 Å². The molecule has 0 atom stereocenters. The number of methoxy groups -OCH3 is 3. The van der Waals surface area contributed by atoms with Gasteiger partial charge in [0.2, 0.25) is 17.2 Å². The Labute approximate surface area is 139 Å². The number of phenolic OH excluding ortho intramolecular Hbond substituents is 2. The summed E-state index contributed by atoms with van der Waals surface area (Å²) < 4.78 is 15.8. The molecule has 0 heterocycles. The Hall–Kier alpha value is -1.78. The summed E-state index contributed by atoms with van der Waals surface area (Å²) in [5, 5.41) is 20.3. The molecule has 0 bridgehead atoms. The minimum atomic E-state index is -0.303. The number of aromatic hydroxyl groups is 2. The first-order chi connectivity index (χ1) is 11.1. The topological polar surface area (TPSA) is 68.2 Å². The Bertz CT molecular complexity index is 485. The Kier molecular flexibility index (Phi) is 8.45. The highest BCUT2D eigenvalue weighted by Crippen LogP contribution is 2.52. The second kappa shape index (κ2) is 10.1. The van der Waals surface area contributed by atoms with E-state index in [0.29, 0.717) is 23.5 Å². The first-order valence-corrected chi connectivity index (χ1v) is 8.34. The summed E-state index contributed by atoms with van der Waals surface area (Å²) in [5.74, 6) is 0.327. The van der Waals surface area contributed by atoms with Gasteiger partial charge in [-0.25, -0.2) is 0 Å². The first kappa shape index (κ1) is 19.3. The molecule has 5 heteroatoms. The van der Waals surface area contributed by atoms with Crippen molar-refractivity contribution in [1.82, 2.24) is 0 Å². The van der Waals surface area contributed by atoms with Crippen LogP contribution >= 0.6 is 0 Å². The number of rotatable bonds is 11. The maximum atomic E-state index is 10.2. The van der Waals surface area contributed by atoms with E-state index in [1.807, 2.05) is 0 Å². The highest BCUT2D eigenvalue weighted by atomic mass is 16.5. The van der Waals surface area contributed by atoms with Crippen LogP contribution in [0.2, 0.25) is 0 Å². The fourth-order valence-electron chi connectivity index (χ4n) is 2.79. The number of ether oxygens (including phenoxy) is 3. The smallest absolute Gasteiger partial charge is 0.211 e. The predicted molar refractivity (Wildman–Crippen MR) is 91.1 cm³/mol. The van der Waals surface area contributed by atoms with Crippen molar-refractivity contribution in [3.05, 3.63) is 5.56 Å². The molecule has 0 amide bonds. The number of hydrogen-bond donors (Lipinski definition) is 2. The maximum Gasteiger partial charge on any atom is 0.211 e. The molecule has 0 saturated carbocycles. The van der Waals surface area contributed by atoms with Crippen LogP contribution in [0.5, 0.6) is 28.7 Å². The first-order valence-electron chi connectivity index (χ1n) is 8.34. The van der Waals surface area contributed by atoms with E-state index in [2.05, 4.69) is 6.92 Å². The second-order valence-electron chi connectivity index (χ2n) is 5.65. The molecule has 0 fully saturated rings. The zero-order valence-electron chi connectivity index (χ0n) is 14.8. The monoisotopic (exact) mass is 326 g/mol. The van der Waals surface area contributed by atoms with Gasteiger partial charge >= 0.3 is 0 Å². The van der Waals surface area contributed by atoms with Gasteiger partial charge in [-0.15, -0.1) is 0 Å². The molecule has 1 aromatic carbocycles. The SMILES string of the molecule is CCCCCCCCCc1c(O)c(O)c(OC)c(OC)c1OC. The van der Waals surface area contributed by atoms with Gasteiger partial charge in [-0.05, 0) is 12.8 Å². The van der Waals surface area contributed by atoms with E-state index in [-0.39, 0.29) is 17.2 Å². The van der Waals surface area contributed by atoms with Crippen molar-refractivity contribution < 1.29 is 24.4 Å². The summed E-state index contributed by atoms with van der Waals surface area (Å²) in [4.78, 5) is 0. The van der Waals surface area contributed by atoms with E-state index < -0.39 is 0 Å². The summed E-state index contributed by atoms with van der Waals surface area (Å²) in [6.45, 7) is 2.21. The van der Waals surface area contributed by atoms with Gasteiger partial charge in [0.05, 0.1) is 21.3 Å². The standard InChI is InChI=1S/C18H30O5/c1-5-6-7-8-9-10-11-12-13-14(19)15(20)17(22-3)18(23-4)16(13)21-2/h19-20H,5-12H2,1-4H3. The largest absolute Gasteiger partial charge is 0.504 e. The molecule has 0 aliphatic carbocycles. The molecule has 0 radical (unpaired) electrons. The average molecular weight is 326 g/mol. The normalized spacial score (nSPS) is 10.6. The zero-order valence-corrected chi connectivity index (χ0v) is 14.8. The van der Waals surface area contributed by atoms with E-state index in [1.54, 1.807) is 0 Å². The molecule has 0 saturated heterocycles. The van der Waals surface area contributed by atoms with Gasteiger partial charge in [-0.2, -0.15) is 0 Å². The Morgan fingerprint density at radius 3 is 1.70 bits per heavy atom. The molecule has 5 nitrogen and oxygen atoms in total. The number of hydrogen-bond acceptors (Lipinski definition) is 5. The average Bonchev–Trinajstić information content (AvgIpc) is 2.57. The molecule has 0 unspecified atom stereocenters. The predicted octanol–water partition coefficient (Wildman–Crippen LogP) is 4.42. The van der Waals surface area contributed by atoms with Gasteiger partial charge in [0.25, 0.3) is 0 Å². The van der Waals surface area contributed by atoms with Crippen molar-refractivity contribution in [2.75, 3.05) is 21.3 Å². The van der Waals surface area contributed by atoms with Crippen LogP contribution in [-0.2, 0) is 6.42 Å². The van der Waals surface area contributed by atoms with Gasteiger partial charge < -0.3 is 24.4 Å². The fraction of sp³-hybridized carbons (Fsp3) is 0.667. The van der Waals surface area contributed by atoms with E-state index in [4.69, 9.17) is 14.2 Å². The third kappa shape index (κ3) is 4.85. The molecule has 2 N–H and O–H groups in total. The highest BCUT2D eigenvalue weighted by Gasteiger charge is 2.25. The highest BCUT2D eigenvalue weighted by molar-refractivity contribution is 5.69. The van der Waals surface area contributed by atoms with E-state index in [9.17, 15) is 10.2 Å². The molecular weight excluding hydrogens is 296 g/mol. The molecule has 0 aliphatic rings. The zero-order chi connectivity index (χ0) is 17.2. The molecule has 0 aromatic heterocycles. The van der Waals surface area contributed by atoms with Crippen molar-refractivity contribution in [2.24, 2.45) is 0 Å². The van der Waals surface area contributed by atoms with Crippen LogP contribution in [0.15, 0.2) is 0 Å². The lowest BCUT2D eigenvalue weighted by atomic mass is 10.0. The van der Waals surface area contributed by atoms with Crippen molar-refractivity contribution in [3.63, 3.8) is 0 Å². The summed E-state index contributed by atoms with van der Waals surface area (Å²) in [6, 6.07) is 0. The minimum Gasteiger partial charge on any atom is -0.504 e. The van der Waals surface area contributed by atoms with Crippen molar-refractivity contribution >= 4 is 0 Å². The van der Waals surface area contributed by atoms with Crippen LogP contribution in [0, 0.1) is 0 Å². The molecule has 132 valence electrons. The van der Waals surface area contributed by atoms with E-state index in [0.717, 1.165) is 12.8 Å². The number of unbranched alkanes of at least 4 members (excludes halogenated alkanes) is 6. The van der Waals surface area contributed by atoms with Crippen LogP contribution in [0.4, 0.5) is 0 Å². The molecule has 1 rings (SSSR count). The lowest BCUT2D eigenvalue weighted by Gasteiger charge is -2.18. The Morgan fingerprint density at radius 2 is 1.17 bits per heavy atom. The minimum absolute atomic E-state index is 0.0881. The van der Waals surface area contributed by atoms with E-state index >= 15 is 0 Å². The quantitative estimate of drug-likeness (QED) is 0.465. The number of benzene rings is 1. The summed E-state index contributed by atoms with van der Waals surface area (Å²) in [5.41, 5.74) is 0.566. The van der Waals surface area contributed by atoms with Crippen LogP contribution in [0.1, 0.15) is 57.4 Å². The van der Waals surface area contributed by atoms with Gasteiger partial charge in [0, 0.05) is 5.56 Å². The van der Waals surface area contributed by atoms with E-state index in [1.165, 1.54) is 53.4 Å². The van der Waals surface area contributed by atoms with Gasteiger partial charge in [-0.1, -0.05) is 45.4 Å². The fourth-order valence-corrected chi connectivity index (χ4v) is 2.79. The summed E-state index contributed by atoms with van der Waals surface area (Å²) in [6.07, 6.45) is 8.87. The van der Waals surface area contributed by atoms with Crippen molar-refractivity contribution in [2.45, 2.75) is 58.3 Å². The third-order valence-corrected chi connectivity index (χ3v) is 4.05. The summed E-state index contributed by atoms with van der Waals surface area (Å²) >= 11 is 0. The Morgan fingerprint density at radius 1 is 0.652 bits per heavy atom. The molecule has 1 aromatic rings. The van der Waals surface area contributed by atoms with Crippen LogP contribution in [0.25, 0.3) is 0 Å². The Balaban J connectivity index is 2.79. The lowest BCUT2D eigenvalue weighted by molar-refractivity contribution is 0.297. The van der Waals surface area contributed by atoms with Crippen LogP contribution in [-0.4, -0.2) is 31.5 Å². The second-order valence-corrected chi connectivity index (χ2v) is 5.65. The van der Waals surface area contributed by atoms with Gasteiger partial charge in [-0.3, -0.25) is 0 Å². The lowest BCUT2D eigenvalue weighted by Crippen LogP contribution is -2.00. The van der Waals surface area contributed by atoms with Crippen LogP contribution in [0.3, 0.4) is 0 Å². The van der Waals surface area contributed by atoms with Crippen LogP contribution < -0.4 is 14.2 Å². The molecule has 23 heavy (non-hydrogen) atoms. The third-order valence-electron chi connectivity index (χ3n) is 4.05. The number of phenols is 2.